The predicted molar refractivity (Wildman–Crippen MR) is 96.8 cm³/mol. The summed E-state index contributed by atoms with van der Waals surface area (Å²) >= 11 is 0. The number of nitrogens with two attached hydrogens (primary N) is 1. The molecule has 0 fully saturated rings. The minimum absolute atomic E-state index is 0.0948. The third kappa shape index (κ3) is 2.70. The van der Waals surface area contributed by atoms with E-state index in [1.165, 1.54) is 5.56 Å². The fourth-order valence-electron chi connectivity index (χ4n) is 3.50. The summed E-state index contributed by atoms with van der Waals surface area (Å²) in [5.41, 5.74) is 8.90. The van der Waals surface area contributed by atoms with Gasteiger partial charge in [0.1, 0.15) is 6.17 Å². The van der Waals surface area contributed by atoms with Gasteiger partial charge in [-0.05, 0) is 49.4 Å². The summed E-state index contributed by atoms with van der Waals surface area (Å²) in [4.78, 5) is 13.5. The van der Waals surface area contributed by atoms with Gasteiger partial charge in [-0.2, -0.15) is 0 Å². The van der Waals surface area contributed by atoms with E-state index in [4.69, 9.17) is 19.9 Å². The van der Waals surface area contributed by atoms with Crippen molar-refractivity contribution in [2.24, 2.45) is 5.73 Å². The maximum atomic E-state index is 11.3. The van der Waals surface area contributed by atoms with Crippen LogP contribution in [0.5, 0.6) is 17.2 Å². The van der Waals surface area contributed by atoms with Gasteiger partial charge in [-0.3, -0.25) is 9.69 Å². The third-order valence-electron chi connectivity index (χ3n) is 4.87. The molecule has 0 unspecified atom stereocenters. The number of rotatable bonds is 4. The van der Waals surface area contributed by atoms with Crippen molar-refractivity contribution < 1.29 is 19.0 Å². The van der Waals surface area contributed by atoms with Gasteiger partial charge in [-0.15, -0.1) is 0 Å². The fraction of sp³-hybridized carbons (Fsp3) is 0.316. The Bertz CT molecular complexity index is 851. The number of hydrogen-bond acceptors (Lipinski definition) is 6. The molecule has 1 atom stereocenters. The molecule has 7 nitrogen and oxygen atoms in total. The molecule has 26 heavy (non-hydrogen) atoms. The summed E-state index contributed by atoms with van der Waals surface area (Å²) < 4.78 is 16.8. The Kier molecular flexibility index (Phi) is 4.08. The topological polar surface area (TPSA) is 86.0 Å². The van der Waals surface area contributed by atoms with E-state index in [1.54, 1.807) is 19.2 Å². The van der Waals surface area contributed by atoms with Crippen molar-refractivity contribution in [3.63, 3.8) is 0 Å². The lowest BCUT2D eigenvalue weighted by Gasteiger charge is -2.36. The zero-order chi connectivity index (χ0) is 18.3. The standard InChI is InChI=1S/C19H21N3O4/c1-22-8-7-12-9-14-16(26-10-25-14)17(24-2)15(12)19(22)21-13-5-3-11(4-6-13)18(20)23/h3-6,9,19,21H,7-8,10H2,1-2H3,(H2,20,23)/t19-/m0/s1. The van der Waals surface area contributed by atoms with Gasteiger partial charge in [-0.1, -0.05) is 0 Å². The van der Waals surface area contributed by atoms with E-state index in [1.807, 2.05) is 18.2 Å². The molecular weight excluding hydrogens is 334 g/mol. The minimum atomic E-state index is -0.439. The van der Waals surface area contributed by atoms with Crippen LogP contribution in [0.15, 0.2) is 30.3 Å². The first-order chi connectivity index (χ1) is 12.6. The zero-order valence-corrected chi connectivity index (χ0v) is 14.7. The lowest BCUT2D eigenvalue weighted by atomic mass is 9.94. The average Bonchev–Trinajstić information content (AvgIpc) is 3.11. The third-order valence-corrected chi connectivity index (χ3v) is 4.87. The Labute approximate surface area is 151 Å². The molecule has 1 amide bonds. The Balaban J connectivity index is 1.72. The second kappa shape index (κ2) is 6.42. The van der Waals surface area contributed by atoms with Crippen LogP contribution >= 0.6 is 0 Å². The van der Waals surface area contributed by atoms with E-state index in [-0.39, 0.29) is 13.0 Å². The van der Waals surface area contributed by atoms with Crippen molar-refractivity contribution in [2.75, 3.05) is 32.8 Å². The van der Waals surface area contributed by atoms with Crippen LogP contribution in [-0.2, 0) is 6.42 Å². The molecule has 0 bridgehead atoms. The summed E-state index contributed by atoms with van der Waals surface area (Å²) in [5.74, 6) is 1.64. The maximum absolute atomic E-state index is 11.3. The molecule has 3 N–H and O–H groups in total. The van der Waals surface area contributed by atoms with Crippen LogP contribution in [0.3, 0.4) is 0 Å². The summed E-state index contributed by atoms with van der Waals surface area (Å²) in [6, 6.07) is 9.16. The second-order valence-corrected chi connectivity index (χ2v) is 6.44. The van der Waals surface area contributed by atoms with Crippen molar-refractivity contribution >= 4 is 11.6 Å². The van der Waals surface area contributed by atoms with Crippen molar-refractivity contribution in [2.45, 2.75) is 12.6 Å². The summed E-state index contributed by atoms with van der Waals surface area (Å²) in [6.45, 7) is 1.10. The molecule has 2 heterocycles. The molecule has 0 spiro atoms. The molecule has 2 aromatic carbocycles. The molecule has 0 radical (unpaired) electrons. The van der Waals surface area contributed by atoms with Crippen LogP contribution in [0.4, 0.5) is 5.69 Å². The van der Waals surface area contributed by atoms with Gasteiger partial charge in [0.05, 0.1) is 7.11 Å². The molecule has 0 aromatic heterocycles. The van der Waals surface area contributed by atoms with Gasteiger partial charge in [-0.25, -0.2) is 0 Å². The predicted octanol–water partition coefficient (Wildman–Crippen LogP) is 2.12. The Morgan fingerprint density at radius 3 is 2.77 bits per heavy atom. The van der Waals surface area contributed by atoms with Crippen LogP contribution in [0, 0.1) is 0 Å². The zero-order valence-electron chi connectivity index (χ0n) is 14.7. The highest BCUT2D eigenvalue weighted by atomic mass is 16.7. The maximum Gasteiger partial charge on any atom is 0.248 e. The number of ether oxygens (including phenoxy) is 3. The number of hydrogen-bond donors (Lipinski definition) is 2. The number of nitrogens with one attached hydrogen (secondary N) is 1. The second-order valence-electron chi connectivity index (χ2n) is 6.44. The van der Waals surface area contributed by atoms with E-state index in [0.29, 0.717) is 17.1 Å². The number of anilines is 1. The van der Waals surface area contributed by atoms with Crippen LogP contribution < -0.4 is 25.3 Å². The van der Waals surface area contributed by atoms with Gasteiger partial charge in [0.2, 0.25) is 18.4 Å². The molecule has 2 aliphatic heterocycles. The fourth-order valence-corrected chi connectivity index (χ4v) is 3.50. The SMILES string of the molecule is COc1c2c(cc3c1[C@@H](Nc1ccc(C(N)=O)cc1)N(C)CC3)OCO2. The number of primary amides is 1. The van der Waals surface area contributed by atoms with E-state index in [9.17, 15) is 4.79 Å². The van der Waals surface area contributed by atoms with Crippen LogP contribution in [0.2, 0.25) is 0 Å². The van der Waals surface area contributed by atoms with E-state index < -0.39 is 5.91 Å². The molecule has 0 saturated heterocycles. The number of carbonyl (C=O) groups is 1. The Morgan fingerprint density at radius 1 is 1.31 bits per heavy atom. The summed E-state index contributed by atoms with van der Waals surface area (Å²) in [6.07, 6.45) is 0.806. The smallest absolute Gasteiger partial charge is 0.248 e. The van der Waals surface area contributed by atoms with E-state index in [2.05, 4.69) is 17.3 Å². The quantitative estimate of drug-likeness (QED) is 0.874. The van der Waals surface area contributed by atoms with Gasteiger partial charge in [0.15, 0.2) is 11.5 Å². The highest BCUT2D eigenvalue weighted by Crippen LogP contribution is 2.49. The monoisotopic (exact) mass is 355 g/mol. The number of fused-ring (bicyclic) bond motifs is 2. The first kappa shape index (κ1) is 16.5. The highest BCUT2D eigenvalue weighted by Gasteiger charge is 2.33. The van der Waals surface area contributed by atoms with E-state index in [0.717, 1.165) is 30.0 Å². The van der Waals surface area contributed by atoms with Crippen molar-refractivity contribution in [3.05, 3.63) is 47.0 Å². The van der Waals surface area contributed by atoms with Gasteiger partial charge in [0, 0.05) is 23.4 Å². The number of carbonyl (C=O) groups excluding carboxylic acids is 1. The summed E-state index contributed by atoms with van der Waals surface area (Å²) in [5, 5.41) is 3.52. The number of likely N-dealkylation sites (N-methyl/N-ethyl adjacent to an activating group) is 1. The Hall–Kier alpha value is -2.93. The van der Waals surface area contributed by atoms with Gasteiger partial charge in [0.25, 0.3) is 0 Å². The first-order valence-electron chi connectivity index (χ1n) is 8.44. The van der Waals surface area contributed by atoms with Crippen molar-refractivity contribution in [1.82, 2.24) is 4.90 Å². The Morgan fingerprint density at radius 2 is 2.08 bits per heavy atom. The lowest BCUT2D eigenvalue weighted by Crippen LogP contribution is -2.37. The van der Waals surface area contributed by atoms with Gasteiger partial charge < -0.3 is 25.3 Å². The molecule has 4 rings (SSSR count). The highest BCUT2D eigenvalue weighted by molar-refractivity contribution is 5.93. The average molecular weight is 355 g/mol. The summed E-state index contributed by atoms with van der Waals surface area (Å²) in [7, 11) is 3.70. The molecule has 0 aliphatic carbocycles. The minimum Gasteiger partial charge on any atom is -0.492 e. The first-order valence-corrected chi connectivity index (χ1v) is 8.44. The van der Waals surface area contributed by atoms with Crippen molar-refractivity contribution in [3.8, 4) is 17.2 Å². The number of amides is 1. The molecular formula is C19H21N3O4. The van der Waals surface area contributed by atoms with Crippen LogP contribution in [0.25, 0.3) is 0 Å². The van der Waals surface area contributed by atoms with Crippen LogP contribution in [0.1, 0.15) is 27.7 Å². The largest absolute Gasteiger partial charge is 0.492 e. The normalized spacial score (nSPS) is 18.3. The molecule has 7 heteroatoms. The van der Waals surface area contributed by atoms with Crippen molar-refractivity contribution in [1.29, 1.82) is 0 Å². The lowest BCUT2D eigenvalue weighted by molar-refractivity contribution is 0.100. The molecule has 2 aliphatic rings. The number of benzene rings is 2. The molecule has 2 aromatic rings. The molecule has 136 valence electrons. The van der Waals surface area contributed by atoms with Gasteiger partial charge >= 0.3 is 0 Å². The number of nitrogens with zero attached hydrogens (tertiary/aromatic N) is 1. The number of methoxy groups -OCH3 is 1. The van der Waals surface area contributed by atoms with Crippen LogP contribution in [-0.4, -0.2) is 38.3 Å². The van der Waals surface area contributed by atoms with E-state index >= 15 is 0 Å². The molecule has 0 saturated carbocycles.